The van der Waals surface area contributed by atoms with Crippen molar-refractivity contribution in [3.05, 3.63) is 16.0 Å². The molecule has 0 bridgehead atoms. The highest BCUT2D eigenvalue weighted by Crippen LogP contribution is 2.07. The van der Waals surface area contributed by atoms with Crippen LogP contribution in [-0.4, -0.2) is 33.8 Å². The Kier molecular flexibility index (Phi) is 2.21. The lowest BCUT2D eigenvalue weighted by Crippen LogP contribution is -2.19. The molecule has 0 radical (unpaired) electrons. The van der Waals surface area contributed by atoms with Gasteiger partial charge in [-0.3, -0.25) is 19.1 Å². The molecule has 0 saturated heterocycles. The molecule has 0 spiro atoms. The van der Waals surface area contributed by atoms with Crippen LogP contribution in [0, 0.1) is 0 Å². The summed E-state index contributed by atoms with van der Waals surface area (Å²) in [5, 5.41) is 10.5. The minimum Gasteiger partial charge on any atom is -0.476 e. The molecule has 3 N–H and O–H groups in total. The molecular formula is C5H6N2O6S. The highest BCUT2D eigenvalue weighted by atomic mass is 32.2. The lowest BCUT2D eigenvalue weighted by atomic mass is 10.4. The molecule has 0 aromatic carbocycles. The zero-order valence-electron chi connectivity index (χ0n) is 6.88. The summed E-state index contributed by atoms with van der Waals surface area (Å²) in [5.74, 6) is -1.64. The zero-order valence-corrected chi connectivity index (χ0v) is 7.70. The highest BCUT2D eigenvalue weighted by molar-refractivity contribution is 7.85. The van der Waals surface area contributed by atoms with Gasteiger partial charge in [-0.05, 0) is 0 Å². The van der Waals surface area contributed by atoms with Crippen molar-refractivity contribution in [1.82, 2.24) is 9.78 Å². The van der Waals surface area contributed by atoms with Crippen LogP contribution in [0.3, 0.4) is 0 Å². The van der Waals surface area contributed by atoms with Crippen molar-refractivity contribution in [2.45, 2.75) is 4.90 Å². The molecule has 1 aromatic rings. The van der Waals surface area contributed by atoms with Gasteiger partial charge in [0.05, 0.1) is 0 Å². The molecule has 0 saturated carbocycles. The molecule has 0 aliphatic rings. The smallest absolute Gasteiger partial charge is 0.355 e. The maximum absolute atomic E-state index is 11.1. The summed E-state index contributed by atoms with van der Waals surface area (Å²) >= 11 is 0. The van der Waals surface area contributed by atoms with Gasteiger partial charge in [0, 0.05) is 7.05 Å². The fourth-order valence-corrected chi connectivity index (χ4v) is 1.66. The van der Waals surface area contributed by atoms with Crippen molar-refractivity contribution in [3.63, 3.8) is 0 Å². The second-order valence-electron chi connectivity index (χ2n) is 2.46. The van der Waals surface area contributed by atoms with Crippen LogP contribution < -0.4 is 5.56 Å². The average molecular weight is 222 g/mol. The number of aromatic nitrogens is 2. The molecule has 1 rings (SSSR count). The summed E-state index contributed by atoms with van der Waals surface area (Å²) in [6, 6.07) is 0. The van der Waals surface area contributed by atoms with E-state index in [4.69, 9.17) is 9.66 Å². The summed E-state index contributed by atoms with van der Waals surface area (Å²) in [4.78, 5) is 20.4. The molecule has 0 amide bonds. The van der Waals surface area contributed by atoms with Crippen LogP contribution in [0.15, 0.2) is 9.69 Å². The predicted molar refractivity (Wildman–Crippen MR) is 42.8 cm³/mol. The van der Waals surface area contributed by atoms with E-state index in [0.29, 0.717) is 4.68 Å². The van der Waals surface area contributed by atoms with Crippen LogP contribution in [0.1, 0.15) is 10.5 Å². The number of aromatic carboxylic acids is 1. The summed E-state index contributed by atoms with van der Waals surface area (Å²) in [5.41, 5.74) is -1.98. The number of rotatable bonds is 2. The first-order valence-corrected chi connectivity index (χ1v) is 4.69. The van der Waals surface area contributed by atoms with Crippen molar-refractivity contribution in [2.24, 2.45) is 7.05 Å². The Bertz CT molecular complexity index is 535. The number of aromatic amines is 1. The number of H-pyrrole nitrogens is 1. The highest BCUT2D eigenvalue weighted by Gasteiger charge is 2.27. The molecule has 1 aromatic heterocycles. The Morgan fingerprint density at radius 3 is 2.29 bits per heavy atom. The molecule has 0 atom stereocenters. The van der Waals surface area contributed by atoms with Crippen molar-refractivity contribution in [3.8, 4) is 0 Å². The molecule has 14 heavy (non-hydrogen) atoms. The zero-order chi connectivity index (χ0) is 11.1. The first-order chi connectivity index (χ1) is 6.25. The third-order valence-electron chi connectivity index (χ3n) is 1.48. The summed E-state index contributed by atoms with van der Waals surface area (Å²) in [6.45, 7) is 0. The summed E-state index contributed by atoms with van der Waals surface area (Å²) in [6.07, 6.45) is 0. The van der Waals surface area contributed by atoms with Gasteiger partial charge in [0.1, 0.15) is 0 Å². The minimum atomic E-state index is -4.83. The van der Waals surface area contributed by atoms with Gasteiger partial charge in [0.25, 0.3) is 5.56 Å². The largest absolute Gasteiger partial charge is 0.476 e. The Hall–Kier alpha value is -1.61. The number of aryl methyl sites for hydroxylation is 1. The molecule has 0 aliphatic heterocycles. The Morgan fingerprint density at radius 2 is 2.00 bits per heavy atom. The predicted octanol–water partition coefficient (Wildman–Crippen LogP) is -1.34. The molecule has 0 fully saturated rings. The molecule has 78 valence electrons. The van der Waals surface area contributed by atoms with Crippen molar-refractivity contribution in [1.29, 1.82) is 0 Å². The lowest BCUT2D eigenvalue weighted by Gasteiger charge is -1.91. The third kappa shape index (κ3) is 1.54. The van der Waals surface area contributed by atoms with Gasteiger partial charge in [-0.2, -0.15) is 8.42 Å². The first kappa shape index (κ1) is 10.5. The molecule has 8 nitrogen and oxygen atoms in total. The number of carbonyl (C=O) groups is 1. The number of carboxylic acids is 1. The second-order valence-corrected chi connectivity index (χ2v) is 3.82. The molecule has 9 heteroatoms. The van der Waals surface area contributed by atoms with E-state index in [1.54, 1.807) is 0 Å². The Morgan fingerprint density at radius 1 is 1.50 bits per heavy atom. The second kappa shape index (κ2) is 2.96. The number of hydrogen-bond donors (Lipinski definition) is 3. The first-order valence-electron chi connectivity index (χ1n) is 3.25. The maximum atomic E-state index is 11.1. The molecular weight excluding hydrogens is 216 g/mol. The Labute approximate surface area is 77.5 Å². The van der Waals surface area contributed by atoms with Gasteiger partial charge in [0.15, 0.2) is 10.6 Å². The minimum absolute atomic E-state index is 0.645. The van der Waals surface area contributed by atoms with E-state index in [-0.39, 0.29) is 0 Å². The van der Waals surface area contributed by atoms with E-state index in [0.717, 1.165) is 7.05 Å². The van der Waals surface area contributed by atoms with Crippen LogP contribution in [0.2, 0.25) is 0 Å². The third-order valence-corrected chi connectivity index (χ3v) is 2.37. The van der Waals surface area contributed by atoms with Crippen LogP contribution >= 0.6 is 0 Å². The maximum Gasteiger partial charge on any atom is 0.355 e. The van der Waals surface area contributed by atoms with E-state index in [9.17, 15) is 18.0 Å². The normalized spacial score (nSPS) is 11.6. The SMILES string of the molecule is Cn1[nH]c(C(=O)O)c(S(=O)(=O)O)c1=O. The molecule has 1 heterocycles. The Balaban J connectivity index is 3.72. The van der Waals surface area contributed by atoms with Gasteiger partial charge in [-0.15, -0.1) is 0 Å². The van der Waals surface area contributed by atoms with Crippen LogP contribution in [0.5, 0.6) is 0 Å². The van der Waals surface area contributed by atoms with E-state index >= 15 is 0 Å². The van der Waals surface area contributed by atoms with Crippen molar-refractivity contribution >= 4 is 16.1 Å². The van der Waals surface area contributed by atoms with E-state index in [1.165, 1.54) is 0 Å². The van der Waals surface area contributed by atoms with Crippen molar-refractivity contribution in [2.75, 3.05) is 0 Å². The van der Waals surface area contributed by atoms with Gasteiger partial charge in [0.2, 0.25) is 0 Å². The van der Waals surface area contributed by atoms with Crippen LogP contribution in [0.4, 0.5) is 0 Å². The topological polar surface area (TPSA) is 129 Å². The van der Waals surface area contributed by atoms with E-state index < -0.39 is 32.2 Å². The van der Waals surface area contributed by atoms with Gasteiger partial charge in [-0.25, -0.2) is 4.79 Å². The van der Waals surface area contributed by atoms with Crippen LogP contribution in [0.25, 0.3) is 0 Å². The fraction of sp³-hybridized carbons (Fsp3) is 0.200. The number of nitrogens with one attached hydrogen (secondary N) is 1. The fourth-order valence-electron chi connectivity index (χ4n) is 0.913. The van der Waals surface area contributed by atoms with Gasteiger partial charge in [-0.1, -0.05) is 0 Å². The number of carboxylic acid groups (broad SMARTS) is 1. The quantitative estimate of drug-likeness (QED) is 0.531. The summed E-state index contributed by atoms with van der Waals surface area (Å²) < 4.78 is 30.5. The van der Waals surface area contributed by atoms with E-state index in [2.05, 4.69) is 0 Å². The standard InChI is InChI=1S/C5H6N2O6S/c1-7-4(8)3(14(11,12)13)2(6-7)5(9)10/h6H,1H3,(H,9,10)(H,11,12,13). The monoisotopic (exact) mass is 222 g/mol. The van der Waals surface area contributed by atoms with Crippen LogP contribution in [-0.2, 0) is 17.2 Å². The van der Waals surface area contributed by atoms with Gasteiger partial charge >= 0.3 is 16.1 Å². The number of hydrogen-bond acceptors (Lipinski definition) is 4. The van der Waals surface area contributed by atoms with E-state index in [1.807, 2.05) is 5.10 Å². The molecule has 0 aliphatic carbocycles. The van der Waals surface area contributed by atoms with Gasteiger partial charge < -0.3 is 5.11 Å². The number of nitrogens with zero attached hydrogens (tertiary/aromatic N) is 1. The summed E-state index contributed by atoms with van der Waals surface area (Å²) in [7, 11) is -3.71. The molecule has 0 unspecified atom stereocenters. The van der Waals surface area contributed by atoms with Crippen molar-refractivity contribution < 1.29 is 22.9 Å². The lowest BCUT2D eigenvalue weighted by molar-refractivity contribution is 0.0685. The average Bonchev–Trinajstić information content (AvgIpc) is 2.27.